The summed E-state index contributed by atoms with van der Waals surface area (Å²) in [5.74, 6) is -1.77. The Hall–Kier alpha value is -2.53. The Labute approximate surface area is 151 Å². The number of carboxylic acid groups (broad SMARTS) is 1. The minimum absolute atomic E-state index is 0.0209. The number of nitrogens with one attached hydrogen (secondary N) is 1. The van der Waals surface area contributed by atoms with Gasteiger partial charge < -0.3 is 15.2 Å². The van der Waals surface area contributed by atoms with Crippen molar-refractivity contribution in [2.24, 2.45) is 0 Å². The molecule has 0 spiro atoms. The second kappa shape index (κ2) is 8.53. The zero-order valence-electron chi connectivity index (χ0n) is 14.1. The summed E-state index contributed by atoms with van der Waals surface area (Å²) < 4.78 is 4.74. The Morgan fingerprint density at radius 2 is 2.00 bits per heavy atom. The van der Waals surface area contributed by atoms with Gasteiger partial charge in [-0.25, -0.2) is 4.79 Å². The van der Waals surface area contributed by atoms with Crippen LogP contribution in [-0.4, -0.2) is 23.7 Å². The number of hydrogen-bond donors (Lipinski definition) is 2. The van der Waals surface area contributed by atoms with Gasteiger partial charge in [-0.15, -0.1) is 0 Å². The van der Waals surface area contributed by atoms with Crippen LogP contribution in [0, 0.1) is 6.92 Å². The van der Waals surface area contributed by atoms with Gasteiger partial charge in [0.2, 0.25) is 0 Å². The van der Waals surface area contributed by atoms with Crippen LogP contribution in [0.15, 0.2) is 36.4 Å². The van der Waals surface area contributed by atoms with Crippen molar-refractivity contribution in [3.63, 3.8) is 0 Å². The quantitative estimate of drug-likeness (QED) is 0.725. The van der Waals surface area contributed by atoms with Crippen LogP contribution in [0.25, 0.3) is 0 Å². The Kier molecular flexibility index (Phi) is 6.42. The summed E-state index contributed by atoms with van der Waals surface area (Å²) in [4.78, 5) is 22.5. The first-order chi connectivity index (χ1) is 11.9. The molecule has 6 heteroatoms. The van der Waals surface area contributed by atoms with Crippen molar-refractivity contribution in [1.29, 1.82) is 0 Å². The summed E-state index contributed by atoms with van der Waals surface area (Å²) in [7, 11) is 0. The zero-order chi connectivity index (χ0) is 18.4. The molecule has 0 aromatic heterocycles. The Bertz CT molecular complexity index is 769. The summed E-state index contributed by atoms with van der Waals surface area (Å²) in [6, 6.07) is 11.4. The van der Waals surface area contributed by atoms with Crippen molar-refractivity contribution in [2.45, 2.75) is 26.7 Å². The normalized spacial score (nSPS) is 10.4. The number of esters is 1. The van der Waals surface area contributed by atoms with Crippen molar-refractivity contribution in [3.05, 3.63) is 58.1 Å². The number of aliphatic carboxylic acids is 1. The number of rotatable bonds is 7. The van der Waals surface area contributed by atoms with E-state index < -0.39 is 18.5 Å². The molecule has 0 aliphatic heterocycles. The highest BCUT2D eigenvalue weighted by atomic mass is 35.5. The molecule has 0 saturated carbocycles. The molecule has 5 nitrogen and oxygen atoms in total. The lowest BCUT2D eigenvalue weighted by Gasteiger charge is -2.16. The molecular weight excluding hydrogens is 342 g/mol. The molecule has 132 valence electrons. The van der Waals surface area contributed by atoms with Gasteiger partial charge in [0.25, 0.3) is 0 Å². The fourth-order valence-electron chi connectivity index (χ4n) is 2.41. The minimum Gasteiger partial charge on any atom is -0.479 e. The van der Waals surface area contributed by atoms with Crippen molar-refractivity contribution in [3.8, 4) is 0 Å². The van der Waals surface area contributed by atoms with Gasteiger partial charge in [0.05, 0.1) is 17.1 Å². The molecule has 0 amide bonds. The smallest absolute Gasteiger partial charge is 0.341 e. The second-order valence-electron chi connectivity index (χ2n) is 5.63. The van der Waals surface area contributed by atoms with E-state index in [0.29, 0.717) is 5.02 Å². The third kappa shape index (κ3) is 5.22. The van der Waals surface area contributed by atoms with E-state index in [4.69, 9.17) is 21.4 Å². The number of aryl methyl sites for hydroxylation is 2. The van der Waals surface area contributed by atoms with Gasteiger partial charge in [0.15, 0.2) is 6.61 Å². The van der Waals surface area contributed by atoms with Crippen LogP contribution >= 0.6 is 11.6 Å². The zero-order valence-corrected chi connectivity index (χ0v) is 14.9. The number of ether oxygens (including phenoxy) is 1. The molecule has 2 aromatic carbocycles. The van der Waals surface area contributed by atoms with Gasteiger partial charge in [-0.3, -0.25) is 4.79 Å². The van der Waals surface area contributed by atoms with Gasteiger partial charge in [-0.2, -0.15) is 0 Å². The first kappa shape index (κ1) is 18.8. The van der Waals surface area contributed by atoms with E-state index in [0.717, 1.165) is 34.5 Å². The van der Waals surface area contributed by atoms with Gasteiger partial charge >= 0.3 is 11.9 Å². The van der Waals surface area contributed by atoms with Crippen LogP contribution in [0.3, 0.4) is 0 Å². The van der Waals surface area contributed by atoms with E-state index in [1.165, 1.54) is 0 Å². The summed E-state index contributed by atoms with van der Waals surface area (Å²) in [6.07, 6.45) is 0.801. The van der Waals surface area contributed by atoms with E-state index in [1.807, 2.05) is 44.2 Å². The highest BCUT2D eigenvalue weighted by molar-refractivity contribution is 6.33. The monoisotopic (exact) mass is 361 g/mol. The fraction of sp³-hybridized carbons (Fsp3) is 0.263. The van der Waals surface area contributed by atoms with E-state index in [1.54, 1.807) is 6.07 Å². The van der Waals surface area contributed by atoms with Crippen molar-refractivity contribution < 1.29 is 19.4 Å². The molecule has 0 atom stereocenters. The first-order valence-electron chi connectivity index (χ1n) is 7.92. The van der Waals surface area contributed by atoms with Crippen LogP contribution in [0.1, 0.15) is 23.6 Å². The highest BCUT2D eigenvalue weighted by Gasteiger charge is 2.13. The lowest BCUT2D eigenvalue weighted by molar-refractivity contribution is -0.154. The van der Waals surface area contributed by atoms with Gasteiger partial charge in [-0.1, -0.05) is 42.8 Å². The Morgan fingerprint density at radius 1 is 1.24 bits per heavy atom. The number of halogens is 1. The molecule has 0 unspecified atom stereocenters. The molecule has 0 heterocycles. The third-order valence-corrected chi connectivity index (χ3v) is 4.07. The number of carboxylic acids is 1. The lowest BCUT2D eigenvalue weighted by Crippen LogP contribution is -2.15. The maximum Gasteiger partial charge on any atom is 0.341 e. The predicted octanol–water partition coefficient (Wildman–Crippen LogP) is 4.12. The number of carbonyl (C=O) groups is 2. The molecular formula is C19H20ClNO4. The molecule has 0 fully saturated rings. The van der Waals surface area contributed by atoms with E-state index >= 15 is 0 Å². The summed E-state index contributed by atoms with van der Waals surface area (Å²) in [5.41, 5.74) is 4.29. The van der Waals surface area contributed by atoms with Gasteiger partial charge in [0.1, 0.15) is 0 Å². The van der Waals surface area contributed by atoms with Crippen molar-refractivity contribution >= 4 is 34.9 Å². The molecule has 0 bridgehead atoms. The van der Waals surface area contributed by atoms with Crippen LogP contribution in [0.2, 0.25) is 5.02 Å². The summed E-state index contributed by atoms with van der Waals surface area (Å²) in [6.45, 7) is 3.32. The van der Waals surface area contributed by atoms with Gasteiger partial charge in [-0.05, 0) is 42.2 Å². The average Bonchev–Trinajstić information content (AvgIpc) is 2.57. The maximum absolute atomic E-state index is 11.9. The molecule has 0 radical (unpaired) electrons. The molecule has 0 aliphatic rings. The standard InChI is InChI=1S/C19H20ClNO4/c1-3-13-7-8-16(21-19-12(2)5-4-6-15(19)20)14(9-13)10-18(24)25-11-17(22)23/h4-9,21H,3,10-11H2,1-2H3,(H,22,23). The Morgan fingerprint density at radius 3 is 2.64 bits per heavy atom. The topological polar surface area (TPSA) is 75.6 Å². The second-order valence-corrected chi connectivity index (χ2v) is 6.04. The number of hydrogen-bond acceptors (Lipinski definition) is 4. The number of para-hydroxylation sites is 1. The molecule has 2 N–H and O–H groups in total. The van der Waals surface area contributed by atoms with E-state index in [9.17, 15) is 9.59 Å². The highest BCUT2D eigenvalue weighted by Crippen LogP contribution is 2.31. The molecule has 25 heavy (non-hydrogen) atoms. The van der Waals surface area contributed by atoms with Crippen LogP contribution in [0.5, 0.6) is 0 Å². The number of carbonyl (C=O) groups excluding carboxylic acids is 1. The molecule has 0 aliphatic carbocycles. The van der Waals surface area contributed by atoms with Crippen LogP contribution < -0.4 is 5.32 Å². The van der Waals surface area contributed by atoms with Gasteiger partial charge in [0, 0.05) is 5.69 Å². The van der Waals surface area contributed by atoms with Crippen molar-refractivity contribution in [2.75, 3.05) is 11.9 Å². The third-order valence-electron chi connectivity index (χ3n) is 3.75. The lowest BCUT2D eigenvalue weighted by atomic mass is 10.0. The van der Waals surface area contributed by atoms with Crippen LogP contribution in [-0.2, 0) is 27.2 Å². The molecule has 2 rings (SSSR count). The van der Waals surface area contributed by atoms with E-state index in [2.05, 4.69) is 5.32 Å². The van der Waals surface area contributed by atoms with Crippen LogP contribution in [0.4, 0.5) is 11.4 Å². The molecule has 0 saturated heterocycles. The average molecular weight is 362 g/mol. The predicted molar refractivity (Wildman–Crippen MR) is 97.6 cm³/mol. The SMILES string of the molecule is CCc1ccc(Nc2c(C)cccc2Cl)c(CC(=O)OCC(=O)O)c1. The summed E-state index contributed by atoms with van der Waals surface area (Å²) in [5, 5.41) is 12.5. The molecule has 2 aromatic rings. The fourth-order valence-corrected chi connectivity index (χ4v) is 2.68. The number of benzene rings is 2. The minimum atomic E-state index is -1.18. The Balaban J connectivity index is 2.28. The van der Waals surface area contributed by atoms with E-state index in [-0.39, 0.29) is 6.42 Å². The maximum atomic E-state index is 11.9. The van der Waals surface area contributed by atoms with Crippen molar-refractivity contribution in [1.82, 2.24) is 0 Å². The summed E-state index contributed by atoms with van der Waals surface area (Å²) >= 11 is 6.26. The number of anilines is 2. The largest absolute Gasteiger partial charge is 0.479 e. The first-order valence-corrected chi connectivity index (χ1v) is 8.29.